The van der Waals surface area contributed by atoms with Crippen LogP contribution < -0.4 is 20.1 Å². The maximum Gasteiger partial charge on any atom is 0.267 e. The Kier molecular flexibility index (Phi) is 8.52. The molecule has 0 radical (unpaired) electrons. The molecule has 0 saturated carbocycles. The summed E-state index contributed by atoms with van der Waals surface area (Å²) in [7, 11) is 1.66. The number of nitrogens with zero attached hydrogens (tertiary/aromatic N) is 5. The Morgan fingerprint density at radius 1 is 1.00 bits per heavy atom. The van der Waals surface area contributed by atoms with Gasteiger partial charge in [-0.3, -0.25) is 18.9 Å². The molecule has 4 heterocycles. The number of rotatable bonds is 9. The average Bonchev–Trinajstić information content (AvgIpc) is 3.24. The van der Waals surface area contributed by atoms with Crippen molar-refractivity contribution in [2.45, 2.75) is 32.6 Å². The molecule has 2 aliphatic heterocycles. The van der Waals surface area contributed by atoms with E-state index in [1.807, 2.05) is 30.3 Å². The quantitative estimate of drug-likeness (QED) is 0.209. The van der Waals surface area contributed by atoms with E-state index in [0.29, 0.717) is 45.9 Å². The molecule has 5 rings (SSSR count). The number of thioether (sulfide) groups is 1. The van der Waals surface area contributed by atoms with Gasteiger partial charge in [-0.25, -0.2) is 4.98 Å². The molecule has 8 nitrogen and oxygen atoms in total. The lowest BCUT2D eigenvalue weighted by Crippen LogP contribution is -2.47. The van der Waals surface area contributed by atoms with Crippen molar-refractivity contribution in [1.82, 2.24) is 14.3 Å². The number of fused-ring (bicyclic) bond motifs is 1. The van der Waals surface area contributed by atoms with Crippen molar-refractivity contribution >= 4 is 57.4 Å². The Balaban J connectivity index is 1.42. The number of thiocarbonyl (C=S) groups is 1. The summed E-state index contributed by atoms with van der Waals surface area (Å²) >= 11 is 6.80. The van der Waals surface area contributed by atoms with Crippen LogP contribution in [0.15, 0.2) is 58.4 Å². The van der Waals surface area contributed by atoms with Crippen LogP contribution in [0.3, 0.4) is 0 Å². The number of amides is 1. The molecule has 2 fully saturated rings. The number of benzene rings is 1. The number of unbranched alkanes of at least 4 members (excludes halogenated alkanes) is 3. The lowest BCUT2D eigenvalue weighted by atomic mass is 10.2. The number of anilines is 2. The molecule has 2 saturated heterocycles. The first-order chi connectivity index (χ1) is 19.0. The Labute approximate surface area is 238 Å². The predicted molar refractivity (Wildman–Crippen MR) is 163 cm³/mol. The summed E-state index contributed by atoms with van der Waals surface area (Å²) in [6.45, 7) is 5.72. The molecule has 0 N–H and O–H groups in total. The fraction of sp³-hybridized carbons (Fsp3) is 0.379. The van der Waals surface area contributed by atoms with Crippen LogP contribution in [0.1, 0.15) is 38.2 Å². The predicted octanol–water partition coefficient (Wildman–Crippen LogP) is 4.81. The molecule has 2 aromatic heterocycles. The van der Waals surface area contributed by atoms with E-state index in [1.165, 1.54) is 16.2 Å². The number of aromatic nitrogens is 2. The van der Waals surface area contributed by atoms with Crippen LogP contribution in [0.5, 0.6) is 5.75 Å². The molecule has 0 aliphatic carbocycles. The second-order valence-electron chi connectivity index (χ2n) is 9.65. The first-order valence-electron chi connectivity index (χ1n) is 13.4. The number of pyridine rings is 1. The third-order valence-electron chi connectivity index (χ3n) is 7.15. The van der Waals surface area contributed by atoms with Gasteiger partial charge in [-0.05, 0) is 48.9 Å². The SMILES string of the molecule is CCCCCCN1C(=O)/C(=C/c2c(N3CCN(c4ccc(OC)cc4)CC3)nc3ccccn3c2=O)SC1=S. The highest BCUT2D eigenvalue weighted by atomic mass is 32.2. The van der Waals surface area contributed by atoms with Gasteiger partial charge in [-0.15, -0.1) is 0 Å². The summed E-state index contributed by atoms with van der Waals surface area (Å²) in [4.78, 5) is 38.5. The van der Waals surface area contributed by atoms with Crippen molar-refractivity contribution in [3.8, 4) is 5.75 Å². The second-order valence-corrected chi connectivity index (χ2v) is 11.3. The topological polar surface area (TPSA) is 70.4 Å². The van der Waals surface area contributed by atoms with Gasteiger partial charge < -0.3 is 14.5 Å². The molecular formula is C29H33N5O3S2. The van der Waals surface area contributed by atoms with Gasteiger partial charge in [0.05, 0.1) is 17.6 Å². The van der Waals surface area contributed by atoms with Gasteiger partial charge in [-0.2, -0.15) is 0 Å². The van der Waals surface area contributed by atoms with Gasteiger partial charge in [0.1, 0.15) is 21.5 Å². The van der Waals surface area contributed by atoms with E-state index in [9.17, 15) is 9.59 Å². The summed E-state index contributed by atoms with van der Waals surface area (Å²) in [5.41, 5.74) is 1.94. The first kappa shape index (κ1) is 27.2. The van der Waals surface area contributed by atoms with E-state index < -0.39 is 0 Å². The summed E-state index contributed by atoms with van der Waals surface area (Å²) < 4.78 is 7.37. The number of hydrogen-bond acceptors (Lipinski definition) is 8. The second kappa shape index (κ2) is 12.2. The minimum absolute atomic E-state index is 0.130. The summed E-state index contributed by atoms with van der Waals surface area (Å²) in [5, 5.41) is 0. The van der Waals surface area contributed by atoms with Crippen molar-refractivity contribution in [1.29, 1.82) is 0 Å². The third-order valence-corrected chi connectivity index (χ3v) is 8.53. The number of carbonyl (C=O) groups is 1. The third kappa shape index (κ3) is 5.81. The van der Waals surface area contributed by atoms with Crippen LogP contribution >= 0.6 is 24.0 Å². The monoisotopic (exact) mass is 563 g/mol. The number of hydrogen-bond donors (Lipinski definition) is 0. The van der Waals surface area contributed by atoms with Gasteiger partial charge in [0.25, 0.3) is 11.5 Å². The van der Waals surface area contributed by atoms with E-state index in [1.54, 1.807) is 24.3 Å². The molecule has 1 aromatic carbocycles. The van der Waals surface area contributed by atoms with E-state index in [-0.39, 0.29) is 11.5 Å². The Morgan fingerprint density at radius 3 is 2.46 bits per heavy atom. The molecule has 39 heavy (non-hydrogen) atoms. The zero-order chi connectivity index (χ0) is 27.4. The number of ether oxygens (including phenoxy) is 1. The highest BCUT2D eigenvalue weighted by Gasteiger charge is 2.33. The Hall–Kier alpha value is -3.37. The van der Waals surface area contributed by atoms with Crippen LogP contribution in [0, 0.1) is 0 Å². The van der Waals surface area contributed by atoms with Crippen LogP contribution in [-0.2, 0) is 4.79 Å². The molecule has 1 amide bonds. The Morgan fingerprint density at radius 2 is 1.74 bits per heavy atom. The summed E-state index contributed by atoms with van der Waals surface area (Å²) in [5.74, 6) is 1.30. The molecule has 2 aliphatic rings. The molecule has 0 unspecified atom stereocenters. The van der Waals surface area contributed by atoms with E-state index in [2.05, 4.69) is 28.9 Å². The zero-order valence-electron chi connectivity index (χ0n) is 22.3. The van der Waals surface area contributed by atoms with Gasteiger partial charge in [0, 0.05) is 44.6 Å². The van der Waals surface area contributed by atoms with Gasteiger partial charge in [0.15, 0.2) is 0 Å². The van der Waals surface area contributed by atoms with Crippen LogP contribution in [0.4, 0.5) is 11.5 Å². The fourth-order valence-electron chi connectivity index (χ4n) is 4.95. The van der Waals surface area contributed by atoms with Gasteiger partial charge >= 0.3 is 0 Å². The van der Waals surface area contributed by atoms with Crippen molar-refractivity contribution in [3.63, 3.8) is 0 Å². The largest absolute Gasteiger partial charge is 0.497 e. The summed E-state index contributed by atoms with van der Waals surface area (Å²) in [6.07, 6.45) is 7.66. The molecule has 3 aromatic rings. The molecule has 10 heteroatoms. The minimum atomic E-state index is -0.193. The molecule has 0 spiro atoms. The van der Waals surface area contributed by atoms with Gasteiger partial charge in [-0.1, -0.05) is 56.2 Å². The van der Waals surface area contributed by atoms with Crippen LogP contribution in [-0.4, -0.2) is 64.3 Å². The first-order valence-corrected chi connectivity index (χ1v) is 14.6. The van der Waals surface area contributed by atoms with Crippen LogP contribution in [0.2, 0.25) is 0 Å². The minimum Gasteiger partial charge on any atom is -0.497 e. The standard InChI is InChI=1S/C29H33N5O3S2/c1-3-4-5-7-15-34-28(36)24(39-29(34)38)20-23-26(30-25-9-6-8-14-33(25)27(23)35)32-18-16-31(17-19-32)21-10-12-22(37-2)13-11-21/h6,8-14,20H,3-5,7,15-19H2,1-2H3/b24-20-. The van der Waals surface area contributed by atoms with Crippen molar-refractivity contribution in [2.75, 3.05) is 49.6 Å². The fourth-order valence-corrected chi connectivity index (χ4v) is 6.24. The zero-order valence-corrected chi connectivity index (χ0v) is 24.0. The number of methoxy groups -OCH3 is 1. The highest BCUT2D eigenvalue weighted by Crippen LogP contribution is 2.34. The van der Waals surface area contributed by atoms with E-state index in [0.717, 1.165) is 50.2 Å². The van der Waals surface area contributed by atoms with Crippen molar-refractivity contribution in [3.05, 3.63) is 69.5 Å². The van der Waals surface area contributed by atoms with Crippen LogP contribution in [0.25, 0.3) is 11.7 Å². The van der Waals surface area contributed by atoms with E-state index in [4.69, 9.17) is 21.9 Å². The van der Waals surface area contributed by atoms with Gasteiger partial charge in [0.2, 0.25) is 0 Å². The summed E-state index contributed by atoms with van der Waals surface area (Å²) in [6, 6.07) is 13.6. The lowest BCUT2D eigenvalue weighted by Gasteiger charge is -2.37. The normalized spacial score (nSPS) is 17.1. The highest BCUT2D eigenvalue weighted by molar-refractivity contribution is 8.26. The average molecular weight is 564 g/mol. The maximum atomic E-state index is 13.7. The molecular weight excluding hydrogens is 530 g/mol. The molecule has 0 atom stereocenters. The maximum absolute atomic E-state index is 13.7. The molecule has 204 valence electrons. The smallest absolute Gasteiger partial charge is 0.267 e. The number of piperazine rings is 1. The Bertz CT molecular complexity index is 1450. The molecule has 0 bridgehead atoms. The van der Waals surface area contributed by atoms with Crippen molar-refractivity contribution in [2.24, 2.45) is 0 Å². The number of carbonyl (C=O) groups excluding carboxylic acids is 1. The van der Waals surface area contributed by atoms with Crippen molar-refractivity contribution < 1.29 is 9.53 Å². The lowest BCUT2D eigenvalue weighted by molar-refractivity contribution is -0.122. The van der Waals surface area contributed by atoms with E-state index >= 15 is 0 Å².